The highest BCUT2D eigenvalue weighted by Crippen LogP contribution is 2.08. The van der Waals surface area contributed by atoms with E-state index in [1.165, 1.54) is 18.9 Å². The zero-order valence-corrected chi connectivity index (χ0v) is 10.2. The van der Waals surface area contributed by atoms with E-state index in [0.29, 0.717) is 6.42 Å². The van der Waals surface area contributed by atoms with Crippen LogP contribution in [0.1, 0.15) is 24.6 Å². The highest BCUT2D eigenvalue weighted by molar-refractivity contribution is 5.83. The maximum Gasteiger partial charge on any atom is 0.326 e. The van der Waals surface area contributed by atoms with Crippen molar-refractivity contribution in [2.45, 2.75) is 32.7 Å². The van der Waals surface area contributed by atoms with Crippen molar-refractivity contribution in [1.29, 1.82) is 0 Å². The van der Waals surface area contributed by atoms with Crippen LogP contribution in [0.3, 0.4) is 0 Å². The highest BCUT2D eigenvalue weighted by Gasteiger charge is 2.21. The number of rotatable bonds is 5. The lowest BCUT2D eigenvalue weighted by atomic mass is 10.1. The van der Waals surface area contributed by atoms with Gasteiger partial charge in [-0.25, -0.2) is 4.79 Å². The number of carboxylic acid groups (broad SMARTS) is 1. The molecule has 6 heteroatoms. The van der Waals surface area contributed by atoms with Gasteiger partial charge in [-0.15, -0.1) is 0 Å². The molecule has 0 spiro atoms. The number of aromatic nitrogens is 2. The number of nitrogens with zero attached hydrogens (tertiary/aromatic N) is 2. The van der Waals surface area contributed by atoms with Crippen LogP contribution in [0.4, 0.5) is 0 Å². The first-order chi connectivity index (χ1) is 7.93. The third-order valence-electron chi connectivity index (χ3n) is 2.87. The van der Waals surface area contributed by atoms with Gasteiger partial charge in [0, 0.05) is 19.2 Å². The minimum Gasteiger partial charge on any atom is -0.480 e. The van der Waals surface area contributed by atoms with Crippen molar-refractivity contribution in [2.24, 2.45) is 0 Å². The minimum atomic E-state index is -1.000. The van der Waals surface area contributed by atoms with Crippen LogP contribution in [0.5, 0.6) is 0 Å². The fraction of sp³-hybridized carbons (Fsp3) is 0.545. The van der Waals surface area contributed by atoms with Crippen molar-refractivity contribution in [1.82, 2.24) is 15.1 Å². The van der Waals surface area contributed by atoms with Gasteiger partial charge in [0.1, 0.15) is 6.04 Å². The van der Waals surface area contributed by atoms with Gasteiger partial charge < -0.3 is 10.0 Å². The fourth-order valence-electron chi connectivity index (χ4n) is 1.43. The number of carbonyl (C=O) groups excluding carboxylic acids is 1. The van der Waals surface area contributed by atoms with Crippen molar-refractivity contribution < 1.29 is 14.7 Å². The molecule has 0 radical (unpaired) electrons. The maximum absolute atomic E-state index is 11.7. The third-order valence-corrected chi connectivity index (χ3v) is 2.87. The van der Waals surface area contributed by atoms with Crippen molar-refractivity contribution in [2.75, 3.05) is 7.05 Å². The second kappa shape index (κ2) is 5.47. The number of likely N-dealkylation sites (N-methyl/N-ethyl adjacent to an activating group) is 1. The summed E-state index contributed by atoms with van der Waals surface area (Å²) in [6.45, 7) is 3.37. The van der Waals surface area contributed by atoms with E-state index in [0.717, 1.165) is 11.3 Å². The molecule has 17 heavy (non-hydrogen) atoms. The average molecular weight is 239 g/mol. The van der Waals surface area contributed by atoms with Gasteiger partial charge in [-0.3, -0.25) is 9.89 Å². The van der Waals surface area contributed by atoms with Crippen molar-refractivity contribution in [3.63, 3.8) is 0 Å². The quantitative estimate of drug-likeness (QED) is 0.787. The summed E-state index contributed by atoms with van der Waals surface area (Å²) in [6.07, 6.45) is 2.54. The Hall–Kier alpha value is -1.85. The number of aliphatic carboxylic acids is 1. The molecule has 1 heterocycles. The molecule has 0 aliphatic heterocycles. The normalized spacial score (nSPS) is 12.2. The van der Waals surface area contributed by atoms with E-state index in [9.17, 15) is 9.59 Å². The van der Waals surface area contributed by atoms with E-state index in [2.05, 4.69) is 10.2 Å². The van der Waals surface area contributed by atoms with E-state index in [1.54, 1.807) is 6.20 Å². The van der Waals surface area contributed by atoms with Gasteiger partial charge in [0.2, 0.25) is 5.91 Å². The SMILES string of the molecule is Cc1[nH]ncc1CCC(=O)N(C)C(C)C(=O)O. The van der Waals surface area contributed by atoms with E-state index in [4.69, 9.17) is 5.11 Å². The summed E-state index contributed by atoms with van der Waals surface area (Å²) in [6, 6.07) is -0.798. The van der Waals surface area contributed by atoms with E-state index >= 15 is 0 Å². The van der Waals surface area contributed by atoms with Gasteiger partial charge in [0.25, 0.3) is 0 Å². The molecule has 2 N–H and O–H groups in total. The van der Waals surface area contributed by atoms with E-state index in [1.807, 2.05) is 6.92 Å². The summed E-state index contributed by atoms with van der Waals surface area (Å²) >= 11 is 0. The van der Waals surface area contributed by atoms with Crippen molar-refractivity contribution >= 4 is 11.9 Å². The van der Waals surface area contributed by atoms with Crippen LogP contribution in [-0.2, 0) is 16.0 Å². The van der Waals surface area contributed by atoms with Crippen LogP contribution >= 0.6 is 0 Å². The first kappa shape index (κ1) is 13.2. The first-order valence-electron chi connectivity index (χ1n) is 5.40. The lowest BCUT2D eigenvalue weighted by molar-refractivity contribution is -0.148. The summed E-state index contributed by atoms with van der Waals surface area (Å²) in [4.78, 5) is 23.7. The second-order valence-corrected chi connectivity index (χ2v) is 4.04. The smallest absolute Gasteiger partial charge is 0.326 e. The van der Waals surface area contributed by atoms with E-state index < -0.39 is 12.0 Å². The maximum atomic E-state index is 11.7. The molecule has 0 saturated heterocycles. The predicted molar refractivity (Wildman–Crippen MR) is 61.5 cm³/mol. The number of amides is 1. The Morgan fingerprint density at radius 1 is 1.59 bits per heavy atom. The van der Waals surface area contributed by atoms with Crippen LogP contribution in [0, 0.1) is 6.92 Å². The van der Waals surface area contributed by atoms with Crippen LogP contribution in [0.25, 0.3) is 0 Å². The van der Waals surface area contributed by atoms with Gasteiger partial charge in [-0.1, -0.05) is 0 Å². The highest BCUT2D eigenvalue weighted by atomic mass is 16.4. The third kappa shape index (κ3) is 3.30. The Balaban J connectivity index is 2.50. The van der Waals surface area contributed by atoms with Crippen molar-refractivity contribution in [3.05, 3.63) is 17.5 Å². The molecule has 1 aromatic rings. The first-order valence-corrected chi connectivity index (χ1v) is 5.40. The Morgan fingerprint density at radius 3 is 2.71 bits per heavy atom. The number of carbonyl (C=O) groups is 2. The Labute approximate surface area is 99.6 Å². The average Bonchev–Trinajstić information content (AvgIpc) is 2.69. The van der Waals surface area contributed by atoms with Gasteiger partial charge in [0.15, 0.2) is 0 Å². The lowest BCUT2D eigenvalue weighted by Crippen LogP contribution is -2.40. The number of nitrogens with one attached hydrogen (secondary N) is 1. The standard InChI is InChI=1S/C11H17N3O3/c1-7-9(6-12-13-7)4-5-10(15)14(3)8(2)11(16)17/h6,8H,4-5H2,1-3H3,(H,12,13)(H,16,17). The van der Waals surface area contributed by atoms with Crippen LogP contribution in [-0.4, -0.2) is 45.2 Å². The number of carboxylic acids is 1. The van der Waals surface area contributed by atoms with Crippen LogP contribution < -0.4 is 0 Å². The molecular formula is C11H17N3O3. The zero-order valence-electron chi connectivity index (χ0n) is 10.2. The molecule has 0 saturated carbocycles. The number of hydrogen-bond donors (Lipinski definition) is 2. The summed E-state index contributed by atoms with van der Waals surface area (Å²) < 4.78 is 0. The fourth-order valence-corrected chi connectivity index (χ4v) is 1.43. The molecule has 1 aromatic heterocycles. The number of aromatic amines is 1. The summed E-state index contributed by atoms with van der Waals surface area (Å²) in [5, 5.41) is 15.4. The molecule has 0 fully saturated rings. The summed E-state index contributed by atoms with van der Waals surface area (Å²) in [5.41, 5.74) is 1.92. The van der Waals surface area contributed by atoms with Crippen LogP contribution in [0.2, 0.25) is 0 Å². The lowest BCUT2D eigenvalue weighted by Gasteiger charge is -2.21. The molecule has 0 aliphatic carbocycles. The number of aryl methyl sites for hydroxylation is 2. The molecule has 1 rings (SSSR count). The van der Waals surface area contributed by atoms with Gasteiger partial charge >= 0.3 is 5.97 Å². The monoisotopic (exact) mass is 239 g/mol. The van der Waals surface area contributed by atoms with Gasteiger partial charge in [-0.05, 0) is 25.8 Å². The molecule has 1 amide bonds. The zero-order chi connectivity index (χ0) is 13.0. The molecule has 1 atom stereocenters. The second-order valence-electron chi connectivity index (χ2n) is 4.04. The molecule has 0 aliphatic rings. The van der Waals surface area contributed by atoms with Crippen molar-refractivity contribution in [3.8, 4) is 0 Å². The molecular weight excluding hydrogens is 222 g/mol. The van der Waals surface area contributed by atoms with Gasteiger partial charge in [0.05, 0.1) is 6.20 Å². The molecule has 0 bridgehead atoms. The van der Waals surface area contributed by atoms with Crippen LogP contribution in [0.15, 0.2) is 6.20 Å². The molecule has 0 aromatic carbocycles. The minimum absolute atomic E-state index is 0.180. The van der Waals surface area contributed by atoms with Gasteiger partial charge in [-0.2, -0.15) is 5.10 Å². The largest absolute Gasteiger partial charge is 0.480 e. The Morgan fingerprint density at radius 2 is 2.24 bits per heavy atom. The predicted octanol–water partition coefficient (Wildman–Crippen LogP) is 0.582. The Bertz CT molecular complexity index is 414. The number of H-pyrrole nitrogens is 1. The Kier molecular flexibility index (Phi) is 4.25. The number of hydrogen-bond acceptors (Lipinski definition) is 3. The topological polar surface area (TPSA) is 86.3 Å². The molecule has 94 valence electrons. The molecule has 1 unspecified atom stereocenters. The van der Waals surface area contributed by atoms with E-state index in [-0.39, 0.29) is 12.3 Å². The summed E-state index contributed by atoms with van der Waals surface area (Å²) in [7, 11) is 1.50. The summed E-state index contributed by atoms with van der Waals surface area (Å²) in [5.74, 6) is -1.18. The molecule has 6 nitrogen and oxygen atoms in total.